The first-order valence-electron chi connectivity index (χ1n) is 17.3. The van der Waals surface area contributed by atoms with Gasteiger partial charge in [0.1, 0.15) is 11.5 Å². The maximum absolute atomic E-state index is 6.88. The van der Waals surface area contributed by atoms with Crippen molar-refractivity contribution < 1.29 is 4.74 Å². The van der Waals surface area contributed by atoms with Crippen molar-refractivity contribution in [1.29, 1.82) is 0 Å². The van der Waals surface area contributed by atoms with Crippen molar-refractivity contribution in [2.75, 3.05) is 0 Å². The molecule has 11 rings (SSSR count). The molecule has 0 unspecified atom stereocenters. The van der Waals surface area contributed by atoms with Gasteiger partial charge in [-0.2, -0.15) is 0 Å². The number of hydrogen-bond acceptors (Lipinski definition) is 3. The van der Waals surface area contributed by atoms with E-state index >= 15 is 0 Å². The van der Waals surface area contributed by atoms with Gasteiger partial charge in [-0.25, -0.2) is 9.97 Å². The molecule has 7 aromatic carbocycles. The number of rotatable bonds is 3. The van der Waals surface area contributed by atoms with Gasteiger partial charge in [-0.05, 0) is 52.6 Å². The van der Waals surface area contributed by atoms with Gasteiger partial charge >= 0.3 is 0 Å². The van der Waals surface area contributed by atoms with E-state index in [0.717, 1.165) is 66.9 Å². The van der Waals surface area contributed by atoms with Crippen LogP contribution in [-0.4, -0.2) is 14.5 Å². The van der Waals surface area contributed by atoms with E-state index in [9.17, 15) is 0 Å². The van der Waals surface area contributed by atoms with Crippen LogP contribution in [0.3, 0.4) is 0 Å². The molecule has 238 valence electrons. The molecule has 4 nitrogen and oxygen atoms in total. The first-order chi connectivity index (χ1) is 25.3. The minimum Gasteiger partial charge on any atom is -0.457 e. The molecule has 51 heavy (non-hydrogen) atoms. The van der Waals surface area contributed by atoms with Crippen LogP contribution in [0.1, 0.15) is 22.3 Å². The van der Waals surface area contributed by atoms with Crippen LogP contribution in [0.15, 0.2) is 176 Å². The zero-order valence-corrected chi connectivity index (χ0v) is 27.5. The molecule has 4 heteroatoms. The largest absolute Gasteiger partial charge is 0.457 e. The lowest BCUT2D eigenvalue weighted by molar-refractivity contribution is 0.437. The first kappa shape index (κ1) is 28.1. The van der Waals surface area contributed by atoms with Crippen LogP contribution < -0.4 is 4.74 Å². The van der Waals surface area contributed by atoms with Crippen LogP contribution in [0.2, 0.25) is 0 Å². The summed E-state index contributed by atoms with van der Waals surface area (Å²) in [5, 5.41) is 2.21. The second kappa shape index (κ2) is 10.6. The molecule has 2 aliphatic rings. The van der Waals surface area contributed by atoms with Gasteiger partial charge in [0.25, 0.3) is 0 Å². The lowest BCUT2D eigenvalue weighted by Gasteiger charge is -2.39. The standard InChI is InChI=1S/C47H29N3O/c1-3-15-30(16-4-1)40-29-41(31-17-5-2-6-18-31)49-46(48-40)50-42-25-13-9-21-34(42)35-27-45-39(28-43(35)50)47(38-24-12-14-26-44(38)51-45)36-22-10-7-19-32(36)33-20-8-11-23-37(33)47/h1-29H. The summed E-state index contributed by atoms with van der Waals surface area (Å²) in [4.78, 5) is 10.6. The zero-order chi connectivity index (χ0) is 33.5. The van der Waals surface area contributed by atoms with Gasteiger partial charge in [0.05, 0.1) is 27.8 Å². The number of aromatic nitrogens is 3. The molecular formula is C47H29N3O. The molecule has 0 N–H and O–H groups in total. The van der Waals surface area contributed by atoms with Gasteiger partial charge in [-0.15, -0.1) is 0 Å². The fourth-order valence-electron chi connectivity index (χ4n) is 8.58. The number of benzene rings is 7. The number of ether oxygens (including phenoxy) is 1. The molecule has 0 saturated carbocycles. The van der Waals surface area contributed by atoms with E-state index in [-0.39, 0.29) is 0 Å². The highest BCUT2D eigenvalue weighted by molar-refractivity contribution is 6.10. The predicted molar refractivity (Wildman–Crippen MR) is 205 cm³/mol. The van der Waals surface area contributed by atoms with Gasteiger partial charge in [0.15, 0.2) is 0 Å². The Morgan fingerprint density at radius 3 is 1.63 bits per heavy atom. The van der Waals surface area contributed by atoms with E-state index < -0.39 is 5.41 Å². The van der Waals surface area contributed by atoms with Crippen molar-refractivity contribution >= 4 is 21.8 Å². The van der Waals surface area contributed by atoms with E-state index in [1.54, 1.807) is 0 Å². The third kappa shape index (κ3) is 3.90. The van der Waals surface area contributed by atoms with Gasteiger partial charge in [0.2, 0.25) is 5.95 Å². The van der Waals surface area contributed by atoms with Crippen molar-refractivity contribution in [3.63, 3.8) is 0 Å². The molecule has 1 spiro atoms. The Morgan fingerprint density at radius 1 is 0.412 bits per heavy atom. The second-order valence-corrected chi connectivity index (χ2v) is 13.3. The summed E-state index contributed by atoms with van der Waals surface area (Å²) in [6.07, 6.45) is 0. The highest BCUT2D eigenvalue weighted by atomic mass is 16.5. The zero-order valence-electron chi connectivity index (χ0n) is 27.5. The molecule has 1 aliphatic carbocycles. The summed E-state index contributed by atoms with van der Waals surface area (Å²) < 4.78 is 9.12. The number of para-hydroxylation sites is 2. The van der Waals surface area contributed by atoms with Crippen molar-refractivity contribution in [3.05, 3.63) is 198 Å². The SMILES string of the molecule is c1ccc(-c2cc(-c3ccccc3)nc(-n3c4ccccc4c4cc5c(cc43)C3(c4ccccc4O5)c4ccccc4-c4ccccc43)n2)cc1. The number of fused-ring (bicyclic) bond motifs is 12. The van der Waals surface area contributed by atoms with Gasteiger partial charge < -0.3 is 4.74 Å². The molecule has 1 aliphatic heterocycles. The van der Waals surface area contributed by atoms with E-state index in [2.05, 4.69) is 168 Å². The molecule has 0 saturated heterocycles. The van der Waals surface area contributed by atoms with Crippen molar-refractivity contribution in [2.45, 2.75) is 5.41 Å². The monoisotopic (exact) mass is 651 g/mol. The topological polar surface area (TPSA) is 39.9 Å². The van der Waals surface area contributed by atoms with E-state index in [1.165, 1.54) is 22.3 Å². The highest BCUT2D eigenvalue weighted by Crippen LogP contribution is 2.62. The minimum atomic E-state index is -0.575. The fourth-order valence-corrected chi connectivity index (χ4v) is 8.58. The average molecular weight is 652 g/mol. The van der Waals surface area contributed by atoms with Gasteiger partial charge in [-0.1, -0.05) is 146 Å². The van der Waals surface area contributed by atoms with Crippen LogP contribution in [0.25, 0.3) is 61.4 Å². The number of hydrogen-bond donors (Lipinski definition) is 0. The van der Waals surface area contributed by atoms with Crippen LogP contribution >= 0.6 is 0 Å². The normalized spacial score (nSPS) is 13.4. The maximum atomic E-state index is 6.88. The molecule has 9 aromatic rings. The van der Waals surface area contributed by atoms with E-state index in [0.29, 0.717) is 5.95 Å². The van der Waals surface area contributed by atoms with Crippen molar-refractivity contribution in [2.24, 2.45) is 0 Å². The smallest absolute Gasteiger partial charge is 0.235 e. The summed E-state index contributed by atoms with van der Waals surface area (Å²) in [5.74, 6) is 2.37. The molecule has 3 heterocycles. The summed E-state index contributed by atoms with van der Waals surface area (Å²) in [7, 11) is 0. The number of nitrogens with zero attached hydrogens (tertiary/aromatic N) is 3. The third-order valence-electron chi connectivity index (χ3n) is 10.7. The Kier molecular flexibility index (Phi) is 5.84. The Bertz CT molecular complexity index is 2730. The van der Waals surface area contributed by atoms with Gasteiger partial charge in [-0.3, -0.25) is 4.57 Å². The predicted octanol–water partition coefficient (Wildman–Crippen LogP) is 11.4. The summed E-state index contributed by atoms with van der Waals surface area (Å²) >= 11 is 0. The molecule has 0 bridgehead atoms. The van der Waals surface area contributed by atoms with E-state index in [4.69, 9.17) is 14.7 Å². The maximum Gasteiger partial charge on any atom is 0.235 e. The summed E-state index contributed by atoms with van der Waals surface area (Å²) in [6.45, 7) is 0. The summed E-state index contributed by atoms with van der Waals surface area (Å²) in [5.41, 5.74) is 12.6. The average Bonchev–Trinajstić information content (AvgIpc) is 3.68. The van der Waals surface area contributed by atoms with Crippen molar-refractivity contribution in [1.82, 2.24) is 14.5 Å². The minimum absolute atomic E-state index is 0.575. The summed E-state index contributed by atoms with van der Waals surface area (Å²) in [6, 6.07) is 62.2. The highest BCUT2D eigenvalue weighted by Gasteiger charge is 2.51. The van der Waals surface area contributed by atoms with E-state index in [1.807, 2.05) is 12.1 Å². The van der Waals surface area contributed by atoms with Gasteiger partial charge in [0, 0.05) is 33.0 Å². The molecule has 0 amide bonds. The van der Waals surface area contributed by atoms with Crippen LogP contribution in [0.5, 0.6) is 11.5 Å². The quantitative estimate of drug-likeness (QED) is 0.191. The Hall–Kier alpha value is -6.78. The molecular weight excluding hydrogens is 623 g/mol. The van der Waals surface area contributed by atoms with Crippen molar-refractivity contribution in [3.8, 4) is 51.1 Å². The first-order valence-corrected chi connectivity index (χ1v) is 17.3. The Morgan fingerprint density at radius 2 is 0.961 bits per heavy atom. The van der Waals surface area contributed by atoms with Crippen LogP contribution in [-0.2, 0) is 5.41 Å². The molecule has 0 fully saturated rings. The Balaban J connectivity index is 1.27. The second-order valence-electron chi connectivity index (χ2n) is 13.3. The third-order valence-corrected chi connectivity index (χ3v) is 10.7. The molecule has 0 radical (unpaired) electrons. The fraction of sp³-hybridized carbons (Fsp3) is 0.0213. The lowest BCUT2D eigenvalue weighted by atomic mass is 9.66. The lowest BCUT2D eigenvalue weighted by Crippen LogP contribution is -2.32. The molecule has 0 atom stereocenters. The molecule has 2 aromatic heterocycles. The van der Waals surface area contributed by atoms with Crippen LogP contribution in [0, 0.1) is 0 Å². The van der Waals surface area contributed by atoms with Crippen LogP contribution in [0.4, 0.5) is 0 Å². The Labute approximate surface area is 294 Å².